The van der Waals surface area contributed by atoms with Crippen LogP contribution in [-0.2, 0) is 14.8 Å². The SMILES string of the molecule is CS(=O)(=O)N(CC(=O)N/N=C\c1ccc(Cl)c(Cl)c1)c1ccc(Cl)cc1. The van der Waals surface area contributed by atoms with Crippen LogP contribution >= 0.6 is 34.8 Å². The van der Waals surface area contributed by atoms with Gasteiger partial charge < -0.3 is 0 Å². The second-order valence-corrected chi connectivity index (χ2v) is 8.37. The van der Waals surface area contributed by atoms with Gasteiger partial charge in [0.1, 0.15) is 6.54 Å². The summed E-state index contributed by atoms with van der Waals surface area (Å²) in [5.74, 6) is -0.610. The van der Waals surface area contributed by atoms with Gasteiger partial charge in [0, 0.05) is 5.02 Å². The third-order valence-electron chi connectivity index (χ3n) is 3.15. The minimum Gasteiger partial charge on any atom is -0.271 e. The highest BCUT2D eigenvalue weighted by Crippen LogP contribution is 2.22. The smallest absolute Gasteiger partial charge is 0.260 e. The van der Waals surface area contributed by atoms with E-state index in [1.807, 2.05) is 0 Å². The van der Waals surface area contributed by atoms with E-state index in [0.29, 0.717) is 26.3 Å². The Labute approximate surface area is 166 Å². The number of rotatable bonds is 6. The third-order valence-corrected chi connectivity index (χ3v) is 5.28. The van der Waals surface area contributed by atoms with E-state index >= 15 is 0 Å². The fourth-order valence-electron chi connectivity index (χ4n) is 1.94. The summed E-state index contributed by atoms with van der Waals surface area (Å²) in [6, 6.07) is 10.9. The minimum absolute atomic E-state index is 0.320. The molecule has 0 saturated heterocycles. The van der Waals surface area contributed by atoms with Crippen molar-refractivity contribution in [2.75, 3.05) is 17.1 Å². The van der Waals surface area contributed by atoms with E-state index in [9.17, 15) is 13.2 Å². The number of amides is 1. The minimum atomic E-state index is -3.67. The van der Waals surface area contributed by atoms with Gasteiger partial charge in [-0.25, -0.2) is 13.8 Å². The van der Waals surface area contributed by atoms with Crippen molar-refractivity contribution in [3.8, 4) is 0 Å². The van der Waals surface area contributed by atoms with Crippen molar-refractivity contribution in [3.05, 3.63) is 63.1 Å². The van der Waals surface area contributed by atoms with Crippen LogP contribution in [0.25, 0.3) is 0 Å². The molecule has 0 aromatic heterocycles. The molecule has 1 N–H and O–H groups in total. The van der Waals surface area contributed by atoms with Crippen LogP contribution in [0.2, 0.25) is 15.1 Å². The number of benzene rings is 2. The van der Waals surface area contributed by atoms with Gasteiger partial charge in [-0.15, -0.1) is 0 Å². The van der Waals surface area contributed by atoms with Crippen LogP contribution in [0.3, 0.4) is 0 Å². The molecule has 1 amide bonds. The molecule has 2 aromatic carbocycles. The number of anilines is 1. The fourth-order valence-corrected chi connectivity index (χ4v) is 3.23. The summed E-state index contributed by atoms with van der Waals surface area (Å²) in [5, 5.41) is 5.00. The van der Waals surface area contributed by atoms with E-state index in [1.54, 1.807) is 18.2 Å². The summed E-state index contributed by atoms with van der Waals surface area (Å²) in [4.78, 5) is 12.0. The monoisotopic (exact) mass is 433 g/mol. The number of nitrogens with one attached hydrogen (secondary N) is 1. The molecule has 0 bridgehead atoms. The predicted octanol–water partition coefficient (Wildman–Crippen LogP) is 3.56. The highest BCUT2D eigenvalue weighted by Gasteiger charge is 2.20. The Morgan fingerprint density at radius 3 is 2.35 bits per heavy atom. The first-order valence-electron chi connectivity index (χ1n) is 7.17. The van der Waals surface area contributed by atoms with Crippen molar-refractivity contribution in [2.45, 2.75) is 0 Å². The number of halogens is 3. The summed E-state index contributed by atoms with van der Waals surface area (Å²) in [6.07, 6.45) is 2.38. The summed E-state index contributed by atoms with van der Waals surface area (Å²) >= 11 is 17.5. The lowest BCUT2D eigenvalue weighted by Gasteiger charge is -2.21. The zero-order valence-electron chi connectivity index (χ0n) is 13.5. The fraction of sp³-hybridized carbons (Fsp3) is 0.125. The molecule has 0 saturated carbocycles. The van der Waals surface area contributed by atoms with Gasteiger partial charge in [0.15, 0.2) is 0 Å². The maximum Gasteiger partial charge on any atom is 0.260 e. The first kappa shape index (κ1) is 20.5. The Hall–Kier alpha value is -1.80. The molecular weight excluding hydrogens is 421 g/mol. The molecule has 0 fully saturated rings. The molecule has 26 heavy (non-hydrogen) atoms. The summed E-state index contributed by atoms with van der Waals surface area (Å²) in [7, 11) is -3.67. The number of sulfonamides is 1. The van der Waals surface area contributed by atoms with E-state index in [4.69, 9.17) is 34.8 Å². The van der Waals surface area contributed by atoms with Crippen molar-refractivity contribution >= 4 is 62.6 Å². The van der Waals surface area contributed by atoms with Gasteiger partial charge in [0.2, 0.25) is 10.0 Å². The van der Waals surface area contributed by atoms with E-state index in [0.717, 1.165) is 10.6 Å². The summed E-state index contributed by atoms with van der Waals surface area (Å²) in [6.45, 7) is -0.431. The number of hydrogen-bond donors (Lipinski definition) is 1. The molecule has 0 aliphatic rings. The lowest BCUT2D eigenvalue weighted by molar-refractivity contribution is -0.119. The Balaban J connectivity index is 2.06. The van der Waals surface area contributed by atoms with Crippen molar-refractivity contribution < 1.29 is 13.2 Å². The topological polar surface area (TPSA) is 78.8 Å². The molecule has 0 spiro atoms. The van der Waals surface area contributed by atoms with Gasteiger partial charge in [-0.1, -0.05) is 40.9 Å². The Morgan fingerprint density at radius 2 is 1.77 bits per heavy atom. The predicted molar refractivity (Wildman–Crippen MR) is 106 cm³/mol. The molecule has 0 aliphatic carbocycles. The van der Waals surface area contributed by atoms with Gasteiger partial charge in [-0.05, 0) is 42.0 Å². The Bertz CT molecular complexity index is 932. The van der Waals surface area contributed by atoms with Crippen molar-refractivity contribution in [2.24, 2.45) is 5.10 Å². The normalized spacial score (nSPS) is 11.5. The van der Waals surface area contributed by atoms with Crippen molar-refractivity contribution in [3.63, 3.8) is 0 Å². The van der Waals surface area contributed by atoms with Crippen LogP contribution in [0.1, 0.15) is 5.56 Å². The molecule has 0 heterocycles. The average Bonchev–Trinajstić information content (AvgIpc) is 2.56. The number of hydrazone groups is 1. The zero-order chi connectivity index (χ0) is 19.3. The molecule has 0 radical (unpaired) electrons. The van der Waals surface area contributed by atoms with E-state index in [-0.39, 0.29) is 0 Å². The Kier molecular flexibility index (Phi) is 6.88. The second kappa shape index (κ2) is 8.73. The van der Waals surface area contributed by atoms with Crippen LogP contribution < -0.4 is 9.73 Å². The van der Waals surface area contributed by atoms with Gasteiger partial charge in [-0.2, -0.15) is 5.10 Å². The van der Waals surface area contributed by atoms with Crippen LogP contribution in [0.15, 0.2) is 47.6 Å². The standard InChI is InChI=1S/C16H14Cl3N3O3S/c1-26(24,25)22(13-5-3-12(17)4-6-13)10-16(23)21-20-9-11-2-7-14(18)15(19)8-11/h2-9H,10H2,1H3,(H,21,23)/b20-9-. The van der Waals surface area contributed by atoms with E-state index in [2.05, 4.69) is 10.5 Å². The third kappa shape index (κ3) is 5.88. The van der Waals surface area contributed by atoms with Gasteiger partial charge in [-0.3, -0.25) is 9.10 Å². The van der Waals surface area contributed by atoms with Crippen LogP contribution in [0.4, 0.5) is 5.69 Å². The quantitative estimate of drug-likeness (QED) is 0.558. The average molecular weight is 435 g/mol. The van der Waals surface area contributed by atoms with E-state index < -0.39 is 22.5 Å². The maximum absolute atomic E-state index is 12.0. The van der Waals surface area contributed by atoms with Gasteiger partial charge in [0.25, 0.3) is 5.91 Å². The number of nitrogens with zero attached hydrogens (tertiary/aromatic N) is 2. The van der Waals surface area contributed by atoms with Crippen molar-refractivity contribution in [1.82, 2.24) is 5.43 Å². The Morgan fingerprint density at radius 1 is 1.12 bits per heavy atom. The zero-order valence-corrected chi connectivity index (χ0v) is 16.6. The largest absolute Gasteiger partial charge is 0.271 e. The number of hydrogen-bond acceptors (Lipinski definition) is 4. The van der Waals surface area contributed by atoms with E-state index in [1.165, 1.54) is 30.5 Å². The highest BCUT2D eigenvalue weighted by atomic mass is 35.5. The molecule has 2 aromatic rings. The van der Waals surface area contributed by atoms with Gasteiger partial charge in [0.05, 0.1) is 28.2 Å². The molecule has 0 unspecified atom stereocenters. The van der Waals surface area contributed by atoms with Crippen LogP contribution in [0.5, 0.6) is 0 Å². The molecule has 138 valence electrons. The second-order valence-electron chi connectivity index (χ2n) is 5.21. The maximum atomic E-state index is 12.0. The number of carbonyl (C=O) groups excluding carboxylic acids is 1. The first-order valence-corrected chi connectivity index (χ1v) is 10.2. The molecular formula is C16H14Cl3N3O3S. The molecule has 0 aliphatic heterocycles. The lowest BCUT2D eigenvalue weighted by atomic mass is 10.2. The van der Waals surface area contributed by atoms with Gasteiger partial charge >= 0.3 is 0 Å². The summed E-state index contributed by atoms with van der Waals surface area (Å²) < 4.78 is 24.9. The number of carbonyl (C=O) groups is 1. The van der Waals surface area contributed by atoms with Crippen LogP contribution in [-0.4, -0.2) is 33.3 Å². The summed E-state index contributed by atoms with van der Waals surface area (Å²) in [5.41, 5.74) is 3.21. The molecule has 10 heteroatoms. The molecule has 0 atom stereocenters. The van der Waals surface area contributed by atoms with Crippen molar-refractivity contribution in [1.29, 1.82) is 0 Å². The lowest BCUT2D eigenvalue weighted by Crippen LogP contribution is -2.38. The molecule has 6 nitrogen and oxygen atoms in total. The highest BCUT2D eigenvalue weighted by molar-refractivity contribution is 7.92. The first-order chi connectivity index (χ1) is 12.2. The van der Waals surface area contributed by atoms with Crippen LogP contribution in [0, 0.1) is 0 Å². The molecule has 2 rings (SSSR count).